The Kier molecular flexibility index (Phi) is 4.18. The Hall–Kier alpha value is -2.23. The summed E-state index contributed by atoms with van der Waals surface area (Å²) in [6, 6.07) is 14.0. The Labute approximate surface area is 133 Å². The average molecular weight is 359 g/mol. The number of hydrogen-bond donors (Lipinski definition) is 1. The van der Waals surface area contributed by atoms with Crippen LogP contribution in [0.1, 0.15) is 15.9 Å². The quantitative estimate of drug-likeness (QED) is 0.728. The third kappa shape index (κ3) is 3.01. The van der Waals surface area contributed by atoms with Crippen LogP contribution < -0.4 is 5.32 Å². The number of anilines is 1. The summed E-state index contributed by atoms with van der Waals surface area (Å²) in [5, 5.41) is 2.70. The zero-order valence-electron chi connectivity index (χ0n) is 11.8. The van der Waals surface area contributed by atoms with Gasteiger partial charge in [0.2, 0.25) is 0 Å². The fourth-order valence-electron chi connectivity index (χ4n) is 2.12. The Morgan fingerprint density at radius 3 is 2.64 bits per heavy atom. The Morgan fingerprint density at radius 1 is 1.14 bits per heavy atom. The van der Waals surface area contributed by atoms with Crippen LogP contribution in [0.4, 0.5) is 9.08 Å². The van der Waals surface area contributed by atoms with Crippen molar-refractivity contribution in [1.82, 2.24) is 4.98 Å². The first-order valence-corrected chi connectivity index (χ1v) is 8.44. The molecule has 1 amide bonds. The molecule has 1 aromatic heterocycles. The predicted molar refractivity (Wildman–Crippen MR) is 85.7 cm³/mol. The normalized spacial score (nSPS) is 10.5. The third-order valence-electron chi connectivity index (χ3n) is 3.26. The van der Waals surface area contributed by atoms with Crippen molar-refractivity contribution in [3.05, 3.63) is 71.7 Å². The molecule has 1 heterocycles. The van der Waals surface area contributed by atoms with E-state index in [1.165, 1.54) is 17.7 Å². The summed E-state index contributed by atoms with van der Waals surface area (Å²) >= 11 is -0.0902. The van der Waals surface area contributed by atoms with Crippen LogP contribution in [0, 0.1) is 12.7 Å². The molecule has 2 aromatic carbocycles. The van der Waals surface area contributed by atoms with E-state index in [2.05, 4.69) is 10.3 Å². The van der Waals surface area contributed by atoms with Crippen LogP contribution in [-0.2, 0) is 0 Å². The topological polar surface area (TPSA) is 42.0 Å². The molecule has 3 aromatic rings. The number of carbonyl (C=O) groups excluding carboxylic acids is 1. The minimum absolute atomic E-state index is 0.0327. The number of rotatable bonds is 3. The number of nitrogens with one attached hydrogen (secondary N) is 1. The fraction of sp³-hybridized carbons (Fsp3) is 0.0588. The number of carbonyl (C=O) groups is 1. The molecule has 1 N–H and O–H groups in total. The van der Waals surface area contributed by atoms with Crippen molar-refractivity contribution in [2.75, 3.05) is 5.32 Å². The van der Waals surface area contributed by atoms with Crippen molar-refractivity contribution in [2.24, 2.45) is 0 Å². The molecule has 0 radical (unpaired) electrons. The summed E-state index contributed by atoms with van der Waals surface area (Å²) in [6.07, 6.45) is 1.78. The van der Waals surface area contributed by atoms with Gasteiger partial charge in [-0.3, -0.25) is 0 Å². The minimum atomic E-state index is -0.529. The maximum atomic E-state index is 13.6. The zero-order chi connectivity index (χ0) is 15.5. The van der Waals surface area contributed by atoms with Gasteiger partial charge in [0.05, 0.1) is 0 Å². The Balaban J connectivity index is 1.82. The van der Waals surface area contributed by atoms with Gasteiger partial charge in [-0.05, 0) is 0 Å². The molecule has 3 rings (SSSR count). The first kappa shape index (κ1) is 14.7. The summed E-state index contributed by atoms with van der Waals surface area (Å²) in [7, 11) is 0. The molecule has 0 saturated carbocycles. The summed E-state index contributed by atoms with van der Waals surface area (Å²) < 4.78 is 15.3. The number of halogens is 1. The van der Waals surface area contributed by atoms with Gasteiger partial charge in [0, 0.05) is 0 Å². The number of benzene rings is 2. The van der Waals surface area contributed by atoms with E-state index < -0.39 is 11.7 Å². The van der Waals surface area contributed by atoms with Gasteiger partial charge in [-0.1, -0.05) is 0 Å². The Morgan fingerprint density at radius 2 is 1.86 bits per heavy atom. The number of hydrogen-bond acceptors (Lipinski definition) is 2. The second-order valence-corrected chi connectivity index (χ2v) is 6.94. The van der Waals surface area contributed by atoms with Gasteiger partial charge in [0.15, 0.2) is 0 Å². The van der Waals surface area contributed by atoms with Crippen LogP contribution in [0.15, 0.2) is 54.7 Å². The van der Waals surface area contributed by atoms with Gasteiger partial charge in [0.25, 0.3) is 0 Å². The molecule has 22 heavy (non-hydrogen) atoms. The van der Waals surface area contributed by atoms with Gasteiger partial charge >= 0.3 is 133 Å². The molecular weight excluding hydrogens is 346 g/mol. The molecule has 0 saturated heterocycles. The zero-order valence-corrected chi connectivity index (χ0v) is 13.6. The molecule has 0 spiro atoms. The average Bonchev–Trinajstić information content (AvgIpc) is 2.96. The van der Waals surface area contributed by atoms with Gasteiger partial charge < -0.3 is 0 Å². The van der Waals surface area contributed by atoms with E-state index in [4.69, 9.17) is 0 Å². The molecule has 5 heteroatoms. The first-order valence-electron chi connectivity index (χ1n) is 6.73. The van der Waals surface area contributed by atoms with Gasteiger partial charge in [-0.2, -0.15) is 0 Å². The van der Waals surface area contributed by atoms with Crippen LogP contribution in [0.5, 0.6) is 0 Å². The van der Waals surface area contributed by atoms with E-state index in [1.807, 2.05) is 31.2 Å². The van der Waals surface area contributed by atoms with Crippen LogP contribution in [-0.4, -0.2) is 25.4 Å². The molecule has 0 aliphatic carbocycles. The summed E-state index contributed by atoms with van der Waals surface area (Å²) in [5.74, 6) is -0.989. The molecular formula is C17H13FN2OSe. The number of aromatic nitrogens is 1. The van der Waals surface area contributed by atoms with E-state index in [0.717, 1.165) is 10.0 Å². The van der Waals surface area contributed by atoms with Crippen molar-refractivity contribution in [3.8, 4) is 10.0 Å². The Bertz CT molecular complexity index is 829. The molecule has 0 unspecified atom stereocenters. The summed E-state index contributed by atoms with van der Waals surface area (Å²) in [6.45, 7) is 2.04. The van der Waals surface area contributed by atoms with E-state index in [1.54, 1.807) is 18.3 Å². The first-order chi connectivity index (χ1) is 10.6. The van der Waals surface area contributed by atoms with Crippen LogP contribution in [0.25, 0.3) is 10.0 Å². The monoisotopic (exact) mass is 360 g/mol. The van der Waals surface area contributed by atoms with Crippen LogP contribution >= 0.6 is 0 Å². The summed E-state index contributed by atoms with van der Waals surface area (Å²) in [4.78, 5) is 16.3. The number of nitrogens with zero attached hydrogens (tertiary/aromatic N) is 1. The van der Waals surface area contributed by atoms with Gasteiger partial charge in [-0.15, -0.1) is 0 Å². The molecule has 0 aliphatic heterocycles. The molecule has 3 nitrogen and oxygen atoms in total. The van der Waals surface area contributed by atoms with Crippen LogP contribution in [0.2, 0.25) is 0 Å². The van der Waals surface area contributed by atoms with Gasteiger partial charge in [-0.25, -0.2) is 0 Å². The molecule has 0 atom stereocenters. The van der Waals surface area contributed by atoms with Crippen molar-refractivity contribution in [1.29, 1.82) is 0 Å². The second kappa shape index (κ2) is 6.26. The van der Waals surface area contributed by atoms with Crippen molar-refractivity contribution < 1.29 is 9.18 Å². The molecule has 110 valence electrons. The molecule has 0 aliphatic rings. The number of amides is 1. The second-order valence-electron chi connectivity index (χ2n) is 4.78. The number of aryl methyl sites for hydroxylation is 1. The van der Waals surface area contributed by atoms with E-state index >= 15 is 0 Å². The molecule has 0 fully saturated rings. The van der Waals surface area contributed by atoms with Crippen molar-refractivity contribution in [2.45, 2.75) is 6.92 Å². The third-order valence-corrected chi connectivity index (χ3v) is 5.24. The fourth-order valence-corrected chi connectivity index (χ4v) is 4.01. The van der Waals surface area contributed by atoms with E-state index in [0.29, 0.717) is 4.69 Å². The summed E-state index contributed by atoms with van der Waals surface area (Å²) in [5.41, 5.74) is 2.35. The standard InChI is InChI=1S/C17H13FN2OSe/c1-11-6-2-3-7-12(11)15-10-19-17(22-15)20-16(21)13-8-4-5-9-14(13)18/h2-10H,1H3,(H,19,20,21). The maximum absolute atomic E-state index is 13.6. The van der Waals surface area contributed by atoms with Crippen molar-refractivity contribution >= 4 is 25.1 Å². The van der Waals surface area contributed by atoms with Gasteiger partial charge in [0.1, 0.15) is 0 Å². The van der Waals surface area contributed by atoms with E-state index in [9.17, 15) is 9.18 Å². The predicted octanol–water partition coefficient (Wildman–Crippen LogP) is 3.51. The SMILES string of the molecule is Cc1ccccc1-c1cnc(NC(=O)c2ccccc2F)[se]1. The van der Waals surface area contributed by atoms with Crippen molar-refractivity contribution in [3.63, 3.8) is 0 Å². The van der Waals surface area contributed by atoms with E-state index in [-0.39, 0.29) is 20.1 Å². The van der Waals surface area contributed by atoms with Crippen LogP contribution in [0.3, 0.4) is 0 Å². The molecule has 0 bridgehead atoms.